The average Bonchev–Trinajstić information content (AvgIpc) is 2.59. The number of hydrogen-bond acceptors (Lipinski definition) is 5. The van der Waals surface area contributed by atoms with Gasteiger partial charge in [0.25, 0.3) is 0 Å². The van der Waals surface area contributed by atoms with E-state index in [4.69, 9.17) is 0 Å². The number of para-hydroxylation sites is 2. The predicted molar refractivity (Wildman–Crippen MR) is 89.9 cm³/mol. The molecule has 0 atom stereocenters. The van der Waals surface area contributed by atoms with Crippen LogP contribution in [0.3, 0.4) is 0 Å². The van der Waals surface area contributed by atoms with Crippen LogP contribution in [0.4, 0.5) is 11.4 Å². The van der Waals surface area contributed by atoms with E-state index in [2.05, 4.69) is 15.7 Å². The number of anilines is 2. The first-order valence-corrected chi connectivity index (χ1v) is 6.90. The number of rotatable bonds is 5. The van der Waals surface area contributed by atoms with Crippen molar-refractivity contribution < 1.29 is 5.21 Å². The number of hydrazine groups is 2. The van der Waals surface area contributed by atoms with Gasteiger partial charge in [0.05, 0.1) is 11.4 Å². The maximum absolute atomic E-state index is 9.17. The largest absolute Gasteiger partial charge is 0.409 e. The maximum atomic E-state index is 9.17. The molecule has 0 amide bonds. The van der Waals surface area contributed by atoms with E-state index in [1.54, 1.807) is 23.4 Å². The summed E-state index contributed by atoms with van der Waals surface area (Å²) < 4.78 is 0. The fourth-order valence-electron chi connectivity index (χ4n) is 1.85. The minimum absolute atomic E-state index is 0.346. The van der Waals surface area contributed by atoms with Gasteiger partial charge in [-0.2, -0.15) is 15.3 Å². The van der Waals surface area contributed by atoms with E-state index in [1.807, 2.05) is 67.6 Å². The van der Waals surface area contributed by atoms with Gasteiger partial charge in [-0.3, -0.25) is 5.43 Å². The van der Waals surface area contributed by atoms with Crippen LogP contribution in [0.1, 0.15) is 13.8 Å². The molecule has 0 aromatic heterocycles. The highest BCUT2D eigenvalue weighted by atomic mass is 16.4. The van der Waals surface area contributed by atoms with Gasteiger partial charge in [-0.25, -0.2) is 0 Å². The molecule has 0 aliphatic heterocycles. The zero-order valence-corrected chi connectivity index (χ0v) is 12.6. The zero-order chi connectivity index (χ0) is 15.8. The summed E-state index contributed by atoms with van der Waals surface area (Å²) in [6.45, 7) is 3.50. The van der Waals surface area contributed by atoms with Gasteiger partial charge in [0.2, 0.25) is 0 Å². The van der Waals surface area contributed by atoms with Crippen LogP contribution in [-0.2, 0) is 0 Å². The van der Waals surface area contributed by atoms with Crippen LogP contribution in [0, 0.1) is 0 Å². The van der Waals surface area contributed by atoms with Crippen LogP contribution in [0.15, 0.2) is 70.9 Å². The van der Waals surface area contributed by atoms with E-state index in [0.717, 1.165) is 11.4 Å². The van der Waals surface area contributed by atoms with Crippen LogP contribution >= 0.6 is 0 Å². The van der Waals surface area contributed by atoms with Gasteiger partial charge in [-0.15, -0.1) is 0 Å². The Morgan fingerprint density at radius 3 is 2.18 bits per heavy atom. The molecule has 2 aromatic rings. The van der Waals surface area contributed by atoms with E-state index in [0.29, 0.717) is 5.84 Å². The third-order valence-corrected chi connectivity index (χ3v) is 2.86. The Morgan fingerprint density at radius 1 is 1.05 bits per heavy atom. The fourth-order valence-corrected chi connectivity index (χ4v) is 1.85. The average molecular weight is 297 g/mol. The van der Waals surface area contributed by atoms with Crippen molar-refractivity contribution >= 4 is 23.4 Å². The van der Waals surface area contributed by atoms with Crippen molar-refractivity contribution in [2.24, 2.45) is 10.3 Å². The number of hydrazone groups is 1. The number of oxime groups is 1. The Labute approximate surface area is 129 Å². The van der Waals surface area contributed by atoms with Crippen LogP contribution < -0.4 is 10.5 Å². The molecule has 0 bridgehead atoms. The quantitative estimate of drug-likeness (QED) is 0.383. The van der Waals surface area contributed by atoms with Crippen LogP contribution in [-0.4, -0.2) is 22.4 Å². The van der Waals surface area contributed by atoms with Crippen molar-refractivity contribution in [1.82, 2.24) is 5.12 Å². The molecule has 0 fully saturated rings. The highest BCUT2D eigenvalue weighted by Gasteiger charge is 2.17. The molecule has 0 saturated carbocycles. The molecule has 22 heavy (non-hydrogen) atoms. The third kappa shape index (κ3) is 3.76. The Balaban J connectivity index is 2.37. The predicted octanol–water partition coefficient (Wildman–Crippen LogP) is 3.55. The zero-order valence-electron chi connectivity index (χ0n) is 12.6. The molecule has 0 radical (unpaired) electrons. The van der Waals surface area contributed by atoms with Crippen molar-refractivity contribution in [3.63, 3.8) is 0 Å². The standard InChI is InChI=1S/C16H19N5O/c1-3-17-21(16-12-8-5-9-13-16)20(14(2)19-22)18-15-10-6-4-7-11-15/h3-13,18,22H,1-2H3/b17-3+,19-14+. The normalized spacial score (nSPS) is 11.5. The molecule has 114 valence electrons. The van der Waals surface area contributed by atoms with Gasteiger partial charge in [0.1, 0.15) is 0 Å². The van der Waals surface area contributed by atoms with E-state index in [1.165, 1.54) is 0 Å². The summed E-state index contributed by atoms with van der Waals surface area (Å²) in [5.74, 6) is 0.346. The molecule has 0 unspecified atom stereocenters. The van der Waals surface area contributed by atoms with Gasteiger partial charge in [0, 0.05) is 13.1 Å². The molecule has 2 N–H and O–H groups in total. The number of nitrogens with zero attached hydrogens (tertiary/aromatic N) is 4. The van der Waals surface area contributed by atoms with Crippen LogP contribution in [0.5, 0.6) is 0 Å². The van der Waals surface area contributed by atoms with Gasteiger partial charge in [0.15, 0.2) is 5.84 Å². The number of nitrogens with one attached hydrogen (secondary N) is 1. The SMILES string of the molecule is C/C=N/N(c1ccccc1)N(Nc1ccccc1)/C(C)=N/O. The number of hydrogen-bond donors (Lipinski definition) is 2. The summed E-state index contributed by atoms with van der Waals surface area (Å²) >= 11 is 0. The summed E-state index contributed by atoms with van der Waals surface area (Å²) in [7, 11) is 0. The molecule has 2 rings (SSSR count). The van der Waals surface area contributed by atoms with E-state index >= 15 is 0 Å². The maximum Gasteiger partial charge on any atom is 0.184 e. The molecular weight excluding hydrogens is 278 g/mol. The lowest BCUT2D eigenvalue weighted by Gasteiger charge is -2.33. The Morgan fingerprint density at radius 2 is 1.64 bits per heavy atom. The monoisotopic (exact) mass is 297 g/mol. The van der Waals surface area contributed by atoms with Gasteiger partial charge in [-0.1, -0.05) is 41.6 Å². The molecule has 6 heteroatoms. The first-order chi connectivity index (χ1) is 10.8. The Bertz CT molecular complexity index is 627. The first-order valence-electron chi connectivity index (χ1n) is 6.90. The van der Waals surface area contributed by atoms with Crippen LogP contribution in [0.25, 0.3) is 0 Å². The summed E-state index contributed by atoms with van der Waals surface area (Å²) in [6, 6.07) is 19.2. The topological polar surface area (TPSA) is 63.5 Å². The molecule has 0 aliphatic carbocycles. The number of benzene rings is 2. The van der Waals surface area contributed by atoms with Gasteiger partial charge in [-0.05, 0) is 31.2 Å². The lowest BCUT2D eigenvalue weighted by molar-refractivity contribution is 0.302. The summed E-state index contributed by atoms with van der Waals surface area (Å²) in [6.07, 6.45) is 1.66. The minimum atomic E-state index is 0.346. The summed E-state index contributed by atoms with van der Waals surface area (Å²) in [5.41, 5.74) is 4.84. The lowest BCUT2D eigenvalue weighted by Crippen LogP contribution is -2.46. The second-order valence-corrected chi connectivity index (χ2v) is 4.44. The van der Waals surface area contributed by atoms with Gasteiger partial charge < -0.3 is 5.21 Å². The van der Waals surface area contributed by atoms with Crippen molar-refractivity contribution in [2.45, 2.75) is 13.8 Å². The highest BCUT2D eigenvalue weighted by Crippen LogP contribution is 2.18. The molecule has 0 spiro atoms. The molecule has 0 aliphatic rings. The second-order valence-electron chi connectivity index (χ2n) is 4.44. The summed E-state index contributed by atoms with van der Waals surface area (Å²) in [5, 5.41) is 20.0. The minimum Gasteiger partial charge on any atom is -0.409 e. The molecule has 6 nitrogen and oxygen atoms in total. The number of amidine groups is 1. The van der Waals surface area contributed by atoms with Crippen molar-refractivity contribution in [2.75, 3.05) is 10.5 Å². The first kappa shape index (κ1) is 15.4. The lowest BCUT2D eigenvalue weighted by atomic mass is 10.3. The molecule has 2 aromatic carbocycles. The van der Waals surface area contributed by atoms with Crippen molar-refractivity contribution in [1.29, 1.82) is 0 Å². The van der Waals surface area contributed by atoms with Crippen LogP contribution in [0.2, 0.25) is 0 Å². The Hall–Kier alpha value is -3.02. The molecule has 0 heterocycles. The smallest absolute Gasteiger partial charge is 0.184 e. The highest BCUT2D eigenvalue weighted by molar-refractivity contribution is 5.82. The fraction of sp³-hybridized carbons (Fsp3) is 0.125. The van der Waals surface area contributed by atoms with E-state index in [-0.39, 0.29) is 0 Å². The van der Waals surface area contributed by atoms with Crippen molar-refractivity contribution in [3.05, 3.63) is 60.7 Å². The van der Waals surface area contributed by atoms with Gasteiger partial charge >= 0.3 is 0 Å². The third-order valence-electron chi connectivity index (χ3n) is 2.86. The van der Waals surface area contributed by atoms with E-state index < -0.39 is 0 Å². The van der Waals surface area contributed by atoms with Crippen molar-refractivity contribution in [3.8, 4) is 0 Å². The second kappa shape index (κ2) is 7.68. The molecule has 0 saturated heterocycles. The molecular formula is C16H19N5O. The van der Waals surface area contributed by atoms with E-state index in [9.17, 15) is 5.21 Å². The summed E-state index contributed by atoms with van der Waals surface area (Å²) in [4.78, 5) is 0. The Kier molecular flexibility index (Phi) is 5.37.